The van der Waals surface area contributed by atoms with Gasteiger partial charge < -0.3 is 16.0 Å². The Kier molecular flexibility index (Phi) is 3.80. The van der Waals surface area contributed by atoms with Gasteiger partial charge >= 0.3 is 0 Å². The van der Waals surface area contributed by atoms with E-state index in [2.05, 4.69) is 46.7 Å². The van der Waals surface area contributed by atoms with E-state index in [0.29, 0.717) is 11.6 Å². The normalized spacial score (nSPS) is 13.6. The summed E-state index contributed by atoms with van der Waals surface area (Å²) in [6.07, 6.45) is 2.06. The van der Waals surface area contributed by atoms with Crippen LogP contribution in [0.4, 0.5) is 5.69 Å². The SMILES string of the molecule is Cc1[nH]c(-c2ccccc2NC2Cc3ccccc3C2)cc1C(N)=O. The summed E-state index contributed by atoms with van der Waals surface area (Å²) in [5.41, 5.74) is 12.7. The highest BCUT2D eigenvalue weighted by Crippen LogP contribution is 2.31. The minimum absolute atomic E-state index is 0.380. The molecule has 4 N–H and O–H groups in total. The molecule has 4 heteroatoms. The third kappa shape index (κ3) is 2.91. The fourth-order valence-electron chi connectivity index (χ4n) is 3.68. The van der Waals surface area contributed by atoms with Crippen molar-refractivity contribution in [2.75, 3.05) is 5.32 Å². The predicted octanol–water partition coefficient (Wildman–Crippen LogP) is 3.67. The zero-order chi connectivity index (χ0) is 17.4. The van der Waals surface area contributed by atoms with Crippen molar-refractivity contribution in [3.05, 3.63) is 77.0 Å². The number of aryl methyl sites for hydroxylation is 1. The van der Waals surface area contributed by atoms with E-state index in [9.17, 15) is 4.79 Å². The topological polar surface area (TPSA) is 70.9 Å². The van der Waals surface area contributed by atoms with Crippen LogP contribution in [0.25, 0.3) is 11.3 Å². The number of carbonyl (C=O) groups excluding carboxylic acids is 1. The Hall–Kier alpha value is -3.01. The molecule has 3 aromatic rings. The summed E-state index contributed by atoms with van der Waals surface area (Å²) in [4.78, 5) is 14.8. The van der Waals surface area contributed by atoms with Crippen LogP contribution in [0.2, 0.25) is 0 Å². The number of rotatable bonds is 4. The lowest BCUT2D eigenvalue weighted by Crippen LogP contribution is -2.19. The highest BCUT2D eigenvalue weighted by molar-refractivity contribution is 5.96. The van der Waals surface area contributed by atoms with E-state index in [-0.39, 0.29) is 0 Å². The first-order valence-corrected chi connectivity index (χ1v) is 8.54. The number of nitrogens with one attached hydrogen (secondary N) is 2. The number of anilines is 1. The maximum Gasteiger partial charge on any atom is 0.250 e. The lowest BCUT2D eigenvalue weighted by molar-refractivity contribution is 0.1000. The molecule has 0 atom stereocenters. The van der Waals surface area contributed by atoms with E-state index >= 15 is 0 Å². The number of H-pyrrole nitrogens is 1. The number of amides is 1. The highest BCUT2D eigenvalue weighted by Gasteiger charge is 2.22. The van der Waals surface area contributed by atoms with Gasteiger partial charge in [0.1, 0.15) is 0 Å². The van der Waals surface area contributed by atoms with Gasteiger partial charge in [0.15, 0.2) is 0 Å². The van der Waals surface area contributed by atoms with Crippen LogP contribution in [0.5, 0.6) is 0 Å². The standard InChI is InChI=1S/C21H21N3O/c1-13-18(21(22)25)12-20(23-13)17-8-4-5-9-19(17)24-16-10-14-6-2-3-7-15(14)11-16/h2-9,12,16,23-24H,10-11H2,1H3,(H2,22,25). The maximum absolute atomic E-state index is 11.5. The first-order valence-electron chi connectivity index (χ1n) is 8.54. The first-order chi connectivity index (χ1) is 12.1. The van der Waals surface area contributed by atoms with E-state index in [1.807, 2.05) is 25.1 Å². The van der Waals surface area contributed by atoms with Gasteiger partial charge in [-0.3, -0.25) is 4.79 Å². The highest BCUT2D eigenvalue weighted by atomic mass is 16.1. The predicted molar refractivity (Wildman–Crippen MR) is 101 cm³/mol. The molecule has 1 aliphatic carbocycles. The van der Waals surface area contributed by atoms with E-state index in [1.54, 1.807) is 0 Å². The van der Waals surface area contributed by atoms with Crippen LogP contribution in [-0.4, -0.2) is 16.9 Å². The number of para-hydroxylation sites is 1. The van der Waals surface area contributed by atoms with Crippen LogP contribution in [0.3, 0.4) is 0 Å². The van der Waals surface area contributed by atoms with E-state index in [0.717, 1.165) is 35.5 Å². The van der Waals surface area contributed by atoms with Gasteiger partial charge in [-0.25, -0.2) is 0 Å². The second kappa shape index (κ2) is 6.13. The molecular weight excluding hydrogens is 310 g/mol. The summed E-state index contributed by atoms with van der Waals surface area (Å²) < 4.78 is 0. The van der Waals surface area contributed by atoms with Crippen molar-refractivity contribution in [2.45, 2.75) is 25.8 Å². The smallest absolute Gasteiger partial charge is 0.250 e. The molecule has 0 bridgehead atoms. The lowest BCUT2D eigenvalue weighted by atomic mass is 10.1. The number of benzene rings is 2. The Balaban J connectivity index is 1.62. The number of hydrogen-bond donors (Lipinski definition) is 3. The molecule has 1 amide bonds. The molecule has 4 nitrogen and oxygen atoms in total. The molecule has 1 aliphatic rings. The minimum Gasteiger partial charge on any atom is -0.381 e. The van der Waals surface area contributed by atoms with Crippen LogP contribution in [0.15, 0.2) is 54.6 Å². The minimum atomic E-state index is -0.406. The molecule has 0 saturated heterocycles. The maximum atomic E-state index is 11.5. The number of primary amides is 1. The van der Waals surface area contributed by atoms with Crippen molar-refractivity contribution in [1.82, 2.24) is 4.98 Å². The van der Waals surface area contributed by atoms with Crippen LogP contribution in [0, 0.1) is 6.92 Å². The largest absolute Gasteiger partial charge is 0.381 e. The Morgan fingerprint density at radius 1 is 1.08 bits per heavy atom. The molecule has 1 aromatic heterocycles. The van der Waals surface area contributed by atoms with Crippen molar-refractivity contribution in [1.29, 1.82) is 0 Å². The van der Waals surface area contributed by atoms with Gasteiger partial charge in [-0.05, 0) is 43.0 Å². The number of nitrogens with two attached hydrogens (primary N) is 1. The molecule has 0 unspecified atom stereocenters. The summed E-state index contributed by atoms with van der Waals surface area (Å²) in [6.45, 7) is 1.87. The molecule has 2 aromatic carbocycles. The van der Waals surface area contributed by atoms with Gasteiger partial charge in [0.25, 0.3) is 5.91 Å². The zero-order valence-corrected chi connectivity index (χ0v) is 14.2. The average Bonchev–Trinajstić information content (AvgIpc) is 3.18. The Morgan fingerprint density at radius 2 is 1.72 bits per heavy atom. The number of aromatic nitrogens is 1. The van der Waals surface area contributed by atoms with E-state index < -0.39 is 5.91 Å². The average molecular weight is 331 g/mol. The molecule has 0 saturated carbocycles. The number of fused-ring (bicyclic) bond motifs is 1. The Bertz CT molecular complexity index is 917. The van der Waals surface area contributed by atoms with Gasteiger partial charge in [-0.2, -0.15) is 0 Å². The summed E-state index contributed by atoms with van der Waals surface area (Å²) >= 11 is 0. The molecule has 0 aliphatic heterocycles. The fraction of sp³-hybridized carbons (Fsp3) is 0.190. The Morgan fingerprint density at radius 3 is 2.36 bits per heavy atom. The van der Waals surface area contributed by atoms with E-state index in [1.165, 1.54) is 11.1 Å². The number of hydrogen-bond acceptors (Lipinski definition) is 2. The summed E-state index contributed by atoms with van der Waals surface area (Å²) in [5, 5.41) is 3.68. The lowest BCUT2D eigenvalue weighted by Gasteiger charge is -2.16. The molecular formula is C21H21N3O. The van der Waals surface area contributed by atoms with Crippen molar-refractivity contribution < 1.29 is 4.79 Å². The van der Waals surface area contributed by atoms with Crippen molar-refractivity contribution in [2.24, 2.45) is 5.73 Å². The van der Waals surface area contributed by atoms with E-state index in [4.69, 9.17) is 5.73 Å². The molecule has 0 fully saturated rings. The molecule has 0 radical (unpaired) electrons. The van der Waals surface area contributed by atoms with Crippen LogP contribution in [0.1, 0.15) is 27.2 Å². The van der Waals surface area contributed by atoms with Crippen molar-refractivity contribution in [3.63, 3.8) is 0 Å². The van der Waals surface area contributed by atoms with Crippen LogP contribution < -0.4 is 11.1 Å². The number of carbonyl (C=O) groups is 1. The van der Waals surface area contributed by atoms with Crippen molar-refractivity contribution >= 4 is 11.6 Å². The summed E-state index contributed by atoms with van der Waals surface area (Å²) in [5.74, 6) is -0.406. The van der Waals surface area contributed by atoms with Gasteiger partial charge in [0.2, 0.25) is 0 Å². The molecule has 1 heterocycles. The first kappa shape index (κ1) is 15.5. The van der Waals surface area contributed by atoms with Crippen molar-refractivity contribution in [3.8, 4) is 11.3 Å². The fourth-order valence-corrected chi connectivity index (χ4v) is 3.68. The van der Waals surface area contributed by atoms with Crippen LogP contribution in [-0.2, 0) is 12.8 Å². The third-order valence-corrected chi connectivity index (χ3v) is 4.91. The van der Waals surface area contributed by atoms with Crippen LogP contribution >= 0.6 is 0 Å². The quantitative estimate of drug-likeness (QED) is 0.682. The molecule has 0 spiro atoms. The summed E-state index contributed by atoms with van der Waals surface area (Å²) in [6, 6.07) is 19.0. The second-order valence-corrected chi connectivity index (χ2v) is 6.65. The van der Waals surface area contributed by atoms with Gasteiger partial charge in [-0.1, -0.05) is 42.5 Å². The zero-order valence-electron chi connectivity index (χ0n) is 14.2. The monoisotopic (exact) mass is 331 g/mol. The molecule has 126 valence electrons. The third-order valence-electron chi connectivity index (χ3n) is 4.91. The number of aromatic amines is 1. The Labute approximate surface area is 147 Å². The second-order valence-electron chi connectivity index (χ2n) is 6.65. The van der Waals surface area contributed by atoms with Gasteiger partial charge in [0, 0.05) is 28.7 Å². The molecule has 25 heavy (non-hydrogen) atoms. The van der Waals surface area contributed by atoms with Gasteiger partial charge in [-0.15, -0.1) is 0 Å². The van der Waals surface area contributed by atoms with Gasteiger partial charge in [0.05, 0.1) is 5.56 Å². The summed E-state index contributed by atoms with van der Waals surface area (Å²) in [7, 11) is 0. The molecule has 4 rings (SSSR count).